The Balaban J connectivity index is 1.20. The first kappa shape index (κ1) is 22.9. The third kappa shape index (κ3) is 6.36. The number of nitrogens with one attached hydrogen (secondary N) is 2. The van der Waals surface area contributed by atoms with E-state index in [4.69, 9.17) is 4.74 Å². The number of carbonyl (C=O) groups is 1. The van der Waals surface area contributed by atoms with E-state index in [0.29, 0.717) is 6.54 Å². The van der Waals surface area contributed by atoms with E-state index in [1.807, 2.05) is 36.4 Å². The largest absolute Gasteiger partial charge is 0.496 e. The van der Waals surface area contributed by atoms with Gasteiger partial charge in [0.25, 0.3) is 0 Å². The highest BCUT2D eigenvalue weighted by atomic mass is 16.5. The van der Waals surface area contributed by atoms with Crippen molar-refractivity contribution < 1.29 is 9.53 Å². The first-order chi connectivity index (χ1) is 16.1. The molecule has 0 unspecified atom stereocenters. The number of para-hydroxylation sites is 1. The molecule has 2 amide bonds. The maximum Gasteiger partial charge on any atom is 0.315 e. The first-order valence-corrected chi connectivity index (χ1v) is 11.7. The summed E-state index contributed by atoms with van der Waals surface area (Å²) in [6, 6.07) is 25.1. The second-order valence-corrected chi connectivity index (χ2v) is 8.76. The fourth-order valence-corrected chi connectivity index (χ4v) is 4.29. The van der Waals surface area contributed by atoms with Gasteiger partial charge >= 0.3 is 6.03 Å². The van der Waals surface area contributed by atoms with E-state index in [1.165, 1.54) is 11.1 Å². The molecule has 0 spiro atoms. The van der Waals surface area contributed by atoms with Gasteiger partial charge in [0.15, 0.2) is 0 Å². The summed E-state index contributed by atoms with van der Waals surface area (Å²) in [7, 11) is 1.68. The van der Waals surface area contributed by atoms with Gasteiger partial charge in [-0.05, 0) is 42.5 Å². The van der Waals surface area contributed by atoms with Gasteiger partial charge in [0.05, 0.1) is 7.11 Å². The average Bonchev–Trinajstić information content (AvgIpc) is 2.86. The van der Waals surface area contributed by atoms with Gasteiger partial charge in [-0.2, -0.15) is 0 Å². The van der Waals surface area contributed by atoms with Crippen molar-refractivity contribution >= 4 is 6.03 Å². The number of urea groups is 1. The number of amides is 2. The SMILES string of the molecule is COc1ccccc1-c1ccc(CNC(=O)NC2CCN(Cc3ccc(C)cc3)CC2)cc1. The Bertz CT molecular complexity index is 1040. The minimum absolute atomic E-state index is 0.0965. The molecule has 1 fully saturated rings. The van der Waals surface area contributed by atoms with Gasteiger partial charge in [-0.3, -0.25) is 4.90 Å². The van der Waals surface area contributed by atoms with E-state index in [2.05, 4.69) is 58.9 Å². The van der Waals surface area contributed by atoms with Crippen LogP contribution in [0.2, 0.25) is 0 Å². The van der Waals surface area contributed by atoms with Gasteiger partial charge in [-0.15, -0.1) is 0 Å². The van der Waals surface area contributed by atoms with Crippen LogP contribution in [0.1, 0.15) is 29.5 Å². The fourth-order valence-electron chi connectivity index (χ4n) is 4.29. The van der Waals surface area contributed by atoms with Crippen LogP contribution >= 0.6 is 0 Å². The van der Waals surface area contributed by atoms with Crippen LogP contribution in [0.3, 0.4) is 0 Å². The van der Waals surface area contributed by atoms with Crippen LogP contribution < -0.4 is 15.4 Å². The van der Waals surface area contributed by atoms with E-state index < -0.39 is 0 Å². The third-order valence-corrected chi connectivity index (χ3v) is 6.27. The highest BCUT2D eigenvalue weighted by Gasteiger charge is 2.20. The quantitative estimate of drug-likeness (QED) is 0.532. The predicted octanol–water partition coefficient (Wildman–Crippen LogP) is 5.13. The fraction of sp³-hybridized carbons (Fsp3) is 0.321. The molecule has 4 rings (SSSR count). The van der Waals surface area contributed by atoms with Gasteiger partial charge in [0, 0.05) is 37.8 Å². The molecule has 0 radical (unpaired) electrons. The second-order valence-electron chi connectivity index (χ2n) is 8.76. The number of likely N-dealkylation sites (tertiary alicyclic amines) is 1. The van der Waals surface area contributed by atoms with Crippen molar-refractivity contribution in [2.24, 2.45) is 0 Å². The van der Waals surface area contributed by atoms with Gasteiger partial charge in [-0.25, -0.2) is 4.79 Å². The molecule has 3 aromatic carbocycles. The molecule has 2 N–H and O–H groups in total. The van der Waals surface area contributed by atoms with Gasteiger partial charge < -0.3 is 15.4 Å². The average molecular weight is 444 g/mol. The number of benzene rings is 3. The monoisotopic (exact) mass is 443 g/mol. The molecule has 1 aliphatic heterocycles. The molecule has 5 heteroatoms. The lowest BCUT2D eigenvalue weighted by Crippen LogP contribution is -2.47. The molecule has 0 atom stereocenters. The third-order valence-electron chi connectivity index (χ3n) is 6.27. The number of carbonyl (C=O) groups excluding carboxylic acids is 1. The molecule has 5 nitrogen and oxygen atoms in total. The standard InChI is InChI=1S/C28H33N3O2/c1-21-7-9-23(10-8-21)20-31-17-15-25(16-18-31)30-28(32)29-19-22-11-13-24(14-12-22)26-5-3-4-6-27(26)33-2/h3-14,25H,15-20H2,1-2H3,(H2,29,30,32). The Morgan fingerprint density at radius 2 is 1.61 bits per heavy atom. The Morgan fingerprint density at radius 3 is 2.30 bits per heavy atom. The van der Waals surface area contributed by atoms with Crippen LogP contribution in [0.4, 0.5) is 4.79 Å². The minimum Gasteiger partial charge on any atom is -0.496 e. The summed E-state index contributed by atoms with van der Waals surface area (Å²) in [5, 5.41) is 6.14. The second kappa shape index (κ2) is 11.0. The highest BCUT2D eigenvalue weighted by Crippen LogP contribution is 2.29. The van der Waals surface area contributed by atoms with Crippen LogP contribution in [0, 0.1) is 6.92 Å². The summed E-state index contributed by atoms with van der Waals surface area (Å²) < 4.78 is 5.45. The predicted molar refractivity (Wildman–Crippen MR) is 133 cm³/mol. The molecule has 1 heterocycles. The number of ether oxygens (including phenoxy) is 1. The molecule has 0 aromatic heterocycles. The Labute approximate surface area is 196 Å². The molecule has 0 saturated carbocycles. The van der Waals surface area contributed by atoms with Crippen molar-refractivity contribution in [1.82, 2.24) is 15.5 Å². The van der Waals surface area contributed by atoms with Crippen molar-refractivity contribution in [3.05, 3.63) is 89.5 Å². The van der Waals surface area contributed by atoms with Crippen molar-refractivity contribution in [3.8, 4) is 16.9 Å². The van der Waals surface area contributed by atoms with Gasteiger partial charge in [0.2, 0.25) is 0 Å². The highest BCUT2D eigenvalue weighted by molar-refractivity contribution is 5.74. The molecule has 172 valence electrons. The zero-order valence-electron chi connectivity index (χ0n) is 19.5. The van der Waals surface area contributed by atoms with Crippen molar-refractivity contribution in [2.75, 3.05) is 20.2 Å². The van der Waals surface area contributed by atoms with E-state index in [0.717, 1.165) is 54.9 Å². The van der Waals surface area contributed by atoms with Crippen molar-refractivity contribution in [2.45, 2.75) is 38.9 Å². The molecular formula is C28H33N3O2. The number of piperidine rings is 1. The molecule has 0 aliphatic carbocycles. The van der Waals surface area contributed by atoms with Crippen LogP contribution in [-0.2, 0) is 13.1 Å². The molecule has 33 heavy (non-hydrogen) atoms. The van der Waals surface area contributed by atoms with E-state index in [-0.39, 0.29) is 12.1 Å². The summed E-state index contributed by atoms with van der Waals surface area (Å²) >= 11 is 0. The summed E-state index contributed by atoms with van der Waals surface area (Å²) in [5.74, 6) is 0.854. The van der Waals surface area contributed by atoms with E-state index in [1.54, 1.807) is 7.11 Å². The smallest absolute Gasteiger partial charge is 0.315 e. The maximum absolute atomic E-state index is 12.4. The molecule has 0 bridgehead atoms. The van der Waals surface area contributed by atoms with Crippen LogP contribution in [0.5, 0.6) is 5.75 Å². The Kier molecular flexibility index (Phi) is 7.63. The van der Waals surface area contributed by atoms with Crippen LogP contribution in [0.15, 0.2) is 72.8 Å². The first-order valence-electron chi connectivity index (χ1n) is 11.7. The van der Waals surface area contributed by atoms with E-state index in [9.17, 15) is 4.79 Å². The summed E-state index contributed by atoms with van der Waals surface area (Å²) in [4.78, 5) is 14.9. The van der Waals surface area contributed by atoms with Crippen LogP contribution in [0.25, 0.3) is 11.1 Å². The minimum atomic E-state index is -0.0965. The number of hydrogen-bond donors (Lipinski definition) is 2. The van der Waals surface area contributed by atoms with Crippen molar-refractivity contribution in [3.63, 3.8) is 0 Å². The molecular weight excluding hydrogens is 410 g/mol. The number of nitrogens with zero attached hydrogens (tertiary/aromatic N) is 1. The lowest BCUT2D eigenvalue weighted by Gasteiger charge is -2.32. The zero-order valence-corrected chi connectivity index (χ0v) is 19.5. The van der Waals surface area contributed by atoms with Gasteiger partial charge in [0.1, 0.15) is 5.75 Å². The normalized spacial score (nSPS) is 14.6. The number of rotatable bonds is 7. The number of methoxy groups -OCH3 is 1. The Hall–Kier alpha value is -3.31. The maximum atomic E-state index is 12.4. The summed E-state index contributed by atoms with van der Waals surface area (Å²) in [6.07, 6.45) is 1.96. The lowest BCUT2D eigenvalue weighted by molar-refractivity contribution is 0.186. The van der Waals surface area contributed by atoms with Crippen molar-refractivity contribution in [1.29, 1.82) is 0 Å². The summed E-state index contributed by atoms with van der Waals surface area (Å²) in [6.45, 7) is 5.60. The van der Waals surface area contributed by atoms with Gasteiger partial charge in [-0.1, -0.05) is 72.3 Å². The molecule has 1 saturated heterocycles. The van der Waals surface area contributed by atoms with E-state index >= 15 is 0 Å². The zero-order chi connectivity index (χ0) is 23.0. The van der Waals surface area contributed by atoms with Crippen LogP contribution in [-0.4, -0.2) is 37.2 Å². The Morgan fingerprint density at radius 1 is 0.939 bits per heavy atom. The number of aryl methyl sites for hydroxylation is 1. The topological polar surface area (TPSA) is 53.6 Å². The summed E-state index contributed by atoms with van der Waals surface area (Å²) in [5.41, 5.74) is 5.86. The number of hydrogen-bond acceptors (Lipinski definition) is 3. The molecule has 3 aromatic rings. The lowest BCUT2D eigenvalue weighted by atomic mass is 10.0. The molecule has 1 aliphatic rings.